The number of methoxy groups -OCH3 is 1. The number of ether oxygens (including phenoxy) is 3. The number of benzene rings is 2. The van der Waals surface area contributed by atoms with Gasteiger partial charge in [-0.3, -0.25) is 0 Å². The molecule has 44 heavy (non-hydrogen) atoms. The Morgan fingerprint density at radius 2 is 1.09 bits per heavy atom. The van der Waals surface area contributed by atoms with Crippen LogP contribution in [0.4, 0.5) is 9.59 Å². The van der Waals surface area contributed by atoms with Crippen molar-refractivity contribution >= 4 is 24.1 Å². The molecule has 2 aromatic carbocycles. The molecule has 0 unspecified atom stereocenters. The molecule has 0 saturated heterocycles. The molecule has 2 heterocycles. The van der Waals surface area contributed by atoms with Crippen molar-refractivity contribution in [2.75, 3.05) is 20.2 Å². The van der Waals surface area contributed by atoms with E-state index in [0.29, 0.717) is 38.2 Å². The topological polar surface area (TPSA) is 153 Å². The summed E-state index contributed by atoms with van der Waals surface area (Å²) in [7, 11) is 1.36. The number of esters is 1. The van der Waals surface area contributed by atoms with Crippen LogP contribution < -0.4 is 18.9 Å². The van der Waals surface area contributed by atoms with E-state index in [1.54, 1.807) is 34.1 Å². The number of carbonyl (C=O) groups is 4. The zero-order chi connectivity index (χ0) is 30.5. The third-order valence-electron chi connectivity index (χ3n) is 6.41. The number of hydrogen-bond donors (Lipinski definition) is 1. The maximum Gasteiger partial charge on any atom is 1.00 e. The summed E-state index contributed by atoms with van der Waals surface area (Å²) >= 11 is 0. The zero-order valence-electron chi connectivity index (χ0n) is 26.4. The first-order valence-electron chi connectivity index (χ1n) is 13.6. The van der Waals surface area contributed by atoms with E-state index in [1.165, 1.54) is 7.11 Å². The van der Waals surface area contributed by atoms with Crippen molar-refractivity contribution in [1.29, 1.82) is 0 Å². The summed E-state index contributed by atoms with van der Waals surface area (Å²) < 4.78 is 15.5. The van der Waals surface area contributed by atoms with E-state index in [2.05, 4.69) is 0 Å². The summed E-state index contributed by atoms with van der Waals surface area (Å²) in [6, 6.07) is 10.5. The first kappa shape index (κ1) is 40.5. The fraction of sp³-hybridized carbons (Fsp3) is 0.500. The molecule has 0 radical (unpaired) electrons. The first-order valence-corrected chi connectivity index (χ1v) is 13.6. The van der Waals surface area contributed by atoms with Gasteiger partial charge in [0.25, 0.3) is 0 Å². The SMILES string of the molecule is C.CC(C)(C)OC(=O)N1CCc2ccc(C(=O)O)cc2C1.COC(=O)c1ccc2c(c1)CN(C(=O)OC(C)(C)C)CC2.[Li+].[OH-]. The normalized spacial score (nSPS) is 13.5. The molecule has 2 amide bonds. The van der Waals surface area contributed by atoms with Gasteiger partial charge in [0.05, 0.1) is 18.2 Å². The van der Waals surface area contributed by atoms with Crippen molar-refractivity contribution < 1.29 is 62.8 Å². The molecule has 2 aliphatic rings. The predicted octanol–water partition coefficient (Wildman–Crippen LogP) is 2.91. The Hall–Kier alpha value is -3.52. The van der Waals surface area contributed by atoms with Gasteiger partial charge in [-0.2, -0.15) is 0 Å². The monoisotopic (exact) mass is 608 g/mol. The first-order chi connectivity index (χ1) is 19.1. The molecule has 2 aromatic rings. The number of aromatic carboxylic acids is 1. The van der Waals surface area contributed by atoms with Crippen molar-refractivity contribution in [3.63, 3.8) is 0 Å². The molecule has 0 bridgehead atoms. The third-order valence-corrected chi connectivity index (χ3v) is 6.41. The van der Waals surface area contributed by atoms with E-state index >= 15 is 0 Å². The minimum Gasteiger partial charge on any atom is -0.870 e. The summed E-state index contributed by atoms with van der Waals surface area (Å²) in [5, 5.41) is 9.01. The second kappa shape index (κ2) is 16.5. The van der Waals surface area contributed by atoms with Crippen LogP contribution in [0.25, 0.3) is 0 Å². The van der Waals surface area contributed by atoms with E-state index in [-0.39, 0.29) is 55.5 Å². The standard InChI is InChI=1S/C16H21NO4.C15H19NO4.CH4.Li.H2O/c1-16(2,3)21-15(19)17-8-7-11-5-6-12(14(18)20-4)9-13(11)10-17;1-15(2,3)20-14(19)16-7-6-10-4-5-11(13(17)18)8-12(10)9-16;;;/h5-6,9H,7-8,10H2,1-4H3;4-5,8H,6-7,9H2,1-3H3,(H,17,18);1H4;;1H2/q;;;+1;/p-1. The van der Waals surface area contributed by atoms with E-state index in [0.717, 1.165) is 28.7 Å². The summed E-state index contributed by atoms with van der Waals surface area (Å²) in [4.78, 5) is 50.0. The Labute approximate surface area is 272 Å². The van der Waals surface area contributed by atoms with Crippen LogP contribution in [0.15, 0.2) is 36.4 Å². The summed E-state index contributed by atoms with van der Waals surface area (Å²) in [6.45, 7) is 13.1. The third kappa shape index (κ3) is 11.5. The van der Waals surface area contributed by atoms with Crippen LogP contribution in [-0.4, -0.2) is 75.9 Å². The minimum atomic E-state index is -0.956. The van der Waals surface area contributed by atoms with Crippen LogP contribution in [0.1, 0.15) is 91.9 Å². The van der Waals surface area contributed by atoms with Crippen molar-refractivity contribution in [3.05, 3.63) is 69.8 Å². The predicted molar refractivity (Wildman–Crippen MR) is 161 cm³/mol. The number of carbonyl (C=O) groups excluding carboxylic acids is 3. The maximum absolute atomic E-state index is 12.1. The van der Waals surface area contributed by atoms with Crippen molar-refractivity contribution in [1.82, 2.24) is 9.80 Å². The minimum absolute atomic E-state index is 0. The maximum atomic E-state index is 12.1. The molecule has 0 fully saturated rings. The Kier molecular flexibility index (Phi) is 15.2. The second-order valence-electron chi connectivity index (χ2n) is 12.1. The van der Waals surface area contributed by atoms with Crippen LogP contribution in [0.2, 0.25) is 0 Å². The van der Waals surface area contributed by atoms with E-state index in [9.17, 15) is 19.2 Å². The Bertz CT molecular complexity index is 1320. The van der Waals surface area contributed by atoms with Gasteiger partial charge in [0.2, 0.25) is 0 Å². The fourth-order valence-corrected chi connectivity index (χ4v) is 4.46. The molecule has 238 valence electrons. The molecule has 2 aliphatic heterocycles. The van der Waals surface area contributed by atoms with Crippen LogP contribution in [0.5, 0.6) is 0 Å². The van der Waals surface area contributed by atoms with Crippen LogP contribution in [-0.2, 0) is 40.1 Å². The summed E-state index contributed by atoms with van der Waals surface area (Å²) in [5.41, 5.74) is 3.80. The number of rotatable bonds is 2. The second-order valence-corrected chi connectivity index (χ2v) is 12.1. The molecule has 0 aromatic heterocycles. The zero-order valence-corrected chi connectivity index (χ0v) is 26.4. The fourth-order valence-electron chi connectivity index (χ4n) is 4.46. The van der Waals surface area contributed by atoms with Gasteiger partial charge in [-0.05, 0) is 101 Å². The van der Waals surface area contributed by atoms with Gasteiger partial charge < -0.3 is 34.6 Å². The molecule has 0 spiro atoms. The summed E-state index contributed by atoms with van der Waals surface area (Å²) in [6.07, 6.45) is 0.797. The molecule has 0 aliphatic carbocycles. The van der Waals surface area contributed by atoms with Gasteiger partial charge >= 0.3 is 43.0 Å². The van der Waals surface area contributed by atoms with Gasteiger partial charge in [0, 0.05) is 26.2 Å². The van der Waals surface area contributed by atoms with Crippen molar-refractivity contribution in [2.24, 2.45) is 0 Å². The Balaban J connectivity index is 0.000000788. The average Bonchev–Trinajstić information content (AvgIpc) is 2.89. The number of amides is 2. The molecule has 2 N–H and O–H groups in total. The molecule has 4 rings (SSSR count). The van der Waals surface area contributed by atoms with Gasteiger partial charge in [-0.1, -0.05) is 19.6 Å². The average molecular weight is 609 g/mol. The van der Waals surface area contributed by atoms with Gasteiger partial charge in [-0.25, -0.2) is 19.2 Å². The molecule has 12 heteroatoms. The molecular weight excluding hydrogens is 563 g/mol. The Morgan fingerprint density at radius 1 is 0.705 bits per heavy atom. The quantitative estimate of drug-likeness (QED) is 0.308. The number of nitrogens with zero attached hydrogens (tertiary/aromatic N) is 2. The van der Waals surface area contributed by atoms with E-state index < -0.39 is 17.2 Å². The Morgan fingerprint density at radius 3 is 1.45 bits per heavy atom. The molecule has 11 nitrogen and oxygen atoms in total. The largest absolute Gasteiger partial charge is 1.00 e. The van der Waals surface area contributed by atoms with E-state index in [4.69, 9.17) is 19.3 Å². The number of hydrogen-bond acceptors (Lipinski definition) is 8. The van der Waals surface area contributed by atoms with Gasteiger partial charge in [0.1, 0.15) is 11.2 Å². The molecular formula is C32H45LiN2O9. The van der Waals surface area contributed by atoms with Crippen LogP contribution in [0, 0.1) is 0 Å². The van der Waals surface area contributed by atoms with Gasteiger partial charge in [-0.15, -0.1) is 0 Å². The van der Waals surface area contributed by atoms with Crippen molar-refractivity contribution in [3.8, 4) is 0 Å². The van der Waals surface area contributed by atoms with Gasteiger partial charge in [0.15, 0.2) is 0 Å². The molecule has 0 atom stereocenters. The van der Waals surface area contributed by atoms with E-state index in [1.807, 2.05) is 53.7 Å². The summed E-state index contributed by atoms with van der Waals surface area (Å²) in [5.74, 6) is -1.32. The molecule has 0 saturated carbocycles. The number of fused-ring (bicyclic) bond motifs is 2. The number of carboxylic acids is 1. The van der Waals surface area contributed by atoms with Crippen molar-refractivity contribution in [2.45, 2.75) is 86.1 Å². The van der Waals surface area contributed by atoms with Crippen LogP contribution >= 0.6 is 0 Å². The number of carboxylic acid groups (broad SMARTS) is 1. The smallest absolute Gasteiger partial charge is 0.870 e. The van der Waals surface area contributed by atoms with Crippen LogP contribution in [0.3, 0.4) is 0 Å².